The van der Waals surface area contributed by atoms with Gasteiger partial charge in [-0.1, -0.05) is 24.3 Å². The topological polar surface area (TPSA) is 84.6 Å². The van der Waals surface area contributed by atoms with Crippen LogP contribution < -0.4 is 10.1 Å². The number of aromatic nitrogens is 1. The van der Waals surface area contributed by atoms with E-state index in [1.807, 2.05) is 49.4 Å². The Hall–Kier alpha value is -2.86. The van der Waals surface area contributed by atoms with Crippen LogP contribution in [0.3, 0.4) is 0 Å². The number of carboxylic acids is 1. The summed E-state index contributed by atoms with van der Waals surface area (Å²) in [5.74, 6) is 0.141. The number of fused-ring (bicyclic) bond motifs is 1. The third-order valence-electron chi connectivity index (χ3n) is 4.08. The molecule has 0 aliphatic heterocycles. The number of nitrogens with one attached hydrogen (secondary N) is 1. The number of carbonyl (C=O) groups is 1. The molecule has 0 spiro atoms. The molecule has 26 heavy (non-hydrogen) atoms. The van der Waals surface area contributed by atoms with Crippen LogP contribution >= 0.6 is 0 Å². The van der Waals surface area contributed by atoms with Gasteiger partial charge in [0.25, 0.3) is 0 Å². The fraction of sp³-hybridized carbons (Fsp3) is 0.300. The van der Waals surface area contributed by atoms with E-state index in [-0.39, 0.29) is 6.04 Å². The van der Waals surface area contributed by atoms with Crippen LogP contribution in [0.4, 0.5) is 0 Å². The van der Waals surface area contributed by atoms with Crippen molar-refractivity contribution in [3.8, 4) is 5.75 Å². The van der Waals surface area contributed by atoms with Crippen molar-refractivity contribution in [1.29, 1.82) is 0 Å². The third kappa shape index (κ3) is 4.03. The molecule has 3 rings (SSSR count). The first-order valence-electron chi connectivity index (χ1n) is 8.45. The molecule has 1 heterocycles. The molecule has 136 valence electrons. The predicted octanol–water partition coefficient (Wildman–Crippen LogP) is 3.92. The van der Waals surface area contributed by atoms with E-state index in [2.05, 4.69) is 10.3 Å². The quantitative estimate of drug-likeness (QED) is 0.669. The van der Waals surface area contributed by atoms with E-state index in [1.165, 1.54) is 13.8 Å². The second-order valence-electron chi connectivity index (χ2n) is 6.69. The normalized spacial score (nSPS) is 12.9. The Morgan fingerprint density at radius 3 is 2.77 bits per heavy atom. The lowest BCUT2D eigenvalue weighted by atomic mass is 10.1. The molecule has 0 fully saturated rings. The van der Waals surface area contributed by atoms with Gasteiger partial charge in [-0.15, -0.1) is 0 Å². The number of para-hydroxylation sites is 2. The lowest BCUT2D eigenvalue weighted by Gasteiger charge is -2.22. The highest BCUT2D eigenvalue weighted by molar-refractivity contribution is 5.76. The van der Waals surface area contributed by atoms with Gasteiger partial charge in [0.05, 0.1) is 6.04 Å². The molecule has 1 unspecified atom stereocenters. The number of hydrogen-bond acceptors (Lipinski definition) is 5. The molecule has 0 saturated heterocycles. The highest BCUT2D eigenvalue weighted by atomic mass is 16.5. The summed E-state index contributed by atoms with van der Waals surface area (Å²) in [5, 5.41) is 12.5. The van der Waals surface area contributed by atoms with Crippen molar-refractivity contribution >= 4 is 17.1 Å². The number of aliphatic carboxylic acids is 1. The molecule has 0 radical (unpaired) electrons. The fourth-order valence-electron chi connectivity index (χ4n) is 2.49. The molecule has 2 aromatic carbocycles. The number of carboxylic acid groups (broad SMARTS) is 1. The van der Waals surface area contributed by atoms with Crippen molar-refractivity contribution in [2.24, 2.45) is 0 Å². The van der Waals surface area contributed by atoms with E-state index in [1.54, 1.807) is 6.07 Å². The maximum Gasteiger partial charge on any atom is 0.347 e. The highest BCUT2D eigenvalue weighted by Crippen LogP contribution is 2.22. The van der Waals surface area contributed by atoms with Gasteiger partial charge in [0.1, 0.15) is 11.3 Å². The van der Waals surface area contributed by atoms with Gasteiger partial charge in [0, 0.05) is 6.54 Å². The van der Waals surface area contributed by atoms with Crippen molar-refractivity contribution in [1.82, 2.24) is 10.3 Å². The molecule has 6 nitrogen and oxygen atoms in total. The van der Waals surface area contributed by atoms with Crippen LogP contribution in [0, 0.1) is 0 Å². The summed E-state index contributed by atoms with van der Waals surface area (Å²) < 4.78 is 11.3. The lowest BCUT2D eigenvalue weighted by molar-refractivity contribution is -0.152. The number of oxazole rings is 1. The lowest BCUT2D eigenvalue weighted by Crippen LogP contribution is -2.37. The van der Waals surface area contributed by atoms with E-state index >= 15 is 0 Å². The molecule has 1 aromatic heterocycles. The van der Waals surface area contributed by atoms with Crippen molar-refractivity contribution in [3.63, 3.8) is 0 Å². The summed E-state index contributed by atoms with van der Waals surface area (Å²) >= 11 is 0. The van der Waals surface area contributed by atoms with Gasteiger partial charge in [-0.2, -0.15) is 0 Å². The van der Waals surface area contributed by atoms with Gasteiger partial charge in [0.15, 0.2) is 11.2 Å². The van der Waals surface area contributed by atoms with Crippen LogP contribution in [0.2, 0.25) is 0 Å². The third-order valence-corrected chi connectivity index (χ3v) is 4.08. The summed E-state index contributed by atoms with van der Waals surface area (Å²) in [6, 6.07) is 15.0. The number of nitrogens with zero attached hydrogens (tertiary/aromatic N) is 1. The average molecular weight is 354 g/mol. The zero-order valence-electron chi connectivity index (χ0n) is 15.0. The maximum atomic E-state index is 11.2. The summed E-state index contributed by atoms with van der Waals surface area (Å²) in [4.78, 5) is 15.7. The Balaban J connectivity index is 1.65. The molecule has 1 atom stereocenters. The largest absolute Gasteiger partial charge is 0.478 e. The van der Waals surface area contributed by atoms with Gasteiger partial charge in [-0.05, 0) is 50.6 Å². The van der Waals surface area contributed by atoms with Crippen LogP contribution in [0.15, 0.2) is 52.9 Å². The molecule has 0 aliphatic rings. The molecule has 0 amide bonds. The van der Waals surface area contributed by atoms with E-state index in [4.69, 9.17) is 9.15 Å². The van der Waals surface area contributed by atoms with Crippen molar-refractivity contribution in [2.45, 2.75) is 39.0 Å². The van der Waals surface area contributed by atoms with Gasteiger partial charge >= 0.3 is 5.97 Å². The highest BCUT2D eigenvalue weighted by Gasteiger charge is 2.29. The molecule has 0 aliphatic carbocycles. The Labute approximate surface area is 151 Å². The van der Waals surface area contributed by atoms with E-state index in [0.29, 0.717) is 18.2 Å². The van der Waals surface area contributed by atoms with E-state index < -0.39 is 11.6 Å². The second-order valence-corrected chi connectivity index (χ2v) is 6.69. The van der Waals surface area contributed by atoms with Gasteiger partial charge in [-0.3, -0.25) is 0 Å². The minimum absolute atomic E-state index is 0.0672. The van der Waals surface area contributed by atoms with Crippen LogP contribution in [-0.4, -0.2) is 21.7 Å². The smallest absolute Gasteiger partial charge is 0.347 e. The first-order chi connectivity index (χ1) is 12.3. The van der Waals surface area contributed by atoms with Crippen LogP contribution in [0.5, 0.6) is 5.75 Å². The van der Waals surface area contributed by atoms with Crippen LogP contribution in [0.25, 0.3) is 11.1 Å². The predicted molar refractivity (Wildman–Crippen MR) is 98.0 cm³/mol. The SMILES string of the molecule is CC(NCc1cccc(OC(C)(C)C(=O)O)c1)c1nc2ccccc2o1. The molecule has 2 N–H and O–H groups in total. The molecule has 0 bridgehead atoms. The van der Waals surface area contributed by atoms with Crippen LogP contribution in [0.1, 0.15) is 38.3 Å². The summed E-state index contributed by atoms with van der Waals surface area (Å²) in [5.41, 5.74) is 1.30. The van der Waals surface area contributed by atoms with Crippen molar-refractivity contribution in [3.05, 3.63) is 60.0 Å². The number of rotatable bonds is 7. The van der Waals surface area contributed by atoms with E-state index in [9.17, 15) is 9.90 Å². The van der Waals surface area contributed by atoms with Crippen molar-refractivity contribution in [2.75, 3.05) is 0 Å². The zero-order chi connectivity index (χ0) is 18.7. The number of hydrogen-bond donors (Lipinski definition) is 2. The van der Waals surface area contributed by atoms with Crippen LogP contribution in [-0.2, 0) is 11.3 Å². The Bertz CT molecular complexity index is 884. The molecule has 3 aromatic rings. The molecule has 0 saturated carbocycles. The number of benzene rings is 2. The Morgan fingerprint density at radius 2 is 2.04 bits per heavy atom. The van der Waals surface area contributed by atoms with E-state index in [0.717, 1.165) is 16.7 Å². The monoisotopic (exact) mass is 354 g/mol. The average Bonchev–Trinajstić information content (AvgIpc) is 3.04. The first kappa shape index (κ1) is 17.9. The maximum absolute atomic E-state index is 11.2. The summed E-state index contributed by atoms with van der Waals surface area (Å²) in [6.07, 6.45) is 0. The molecular formula is C20H22N2O4. The number of ether oxygens (including phenoxy) is 1. The van der Waals surface area contributed by atoms with Crippen molar-refractivity contribution < 1.29 is 19.1 Å². The zero-order valence-corrected chi connectivity index (χ0v) is 15.0. The standard InChI is InChI=1S/C20H22N2O4/c1-13(18-22-16-9-4-5-10-17(16)25-18)21-12-14-7-6-8-15(11-14)26-20(2,3)19(23)24/h4-11,13,21H,12H2,1-3H3,(H,23,24). The van der Waals surface area contributed by atoms with Gasteiger partial charge in [0.2, 0.25) is 5.89 Å². The van der Waals surface area contributed by atoms with Gasteiger partial charge < -0.3 is 19.6 Å². The van der Waals surface area contributed by atoms with Gasteiger partial charge in [-0.25, -0.2) is 9.78 Å². The summed E-state index contributed by atoms with van der Waals surface area (Å²) in [6.45, 7) is 5.61. The first-order valence-corrected chi connectivity index (χ1v) is 8.45. The Kier molecular flexibility index (Phi) is 4.95. The second kappa shape index (κ2) is 7.17. The Morgan fingerprint density at radius 1 is 1.27 bits per heavy atom. The summed E-state index contributed by atoms with van der Waals surface area (Å²) in [7, 11) is 0. The fourth-order valence-corrected chi connectivity index (χ4v) is 2.49. The minimum Gasteiger partial charge on any atom is -0.478 e. The molecule has 6 heteroatoms. The molecular weight excluding hydrogens is 332 g/mol. The minimum atomic E-state index is -1.28.